The van der Waals surface area contributed by atoms with Gasteiger partial charge in [0.1, 0.15) is 6.04 Å². The van der Waals surface area contributed by atoms with E-state index in [4.69, 9.17) is 5.11 Å². The fourth-order valence-electron chi connectivity index (χ4n) is 2.05. The zero-order valence-corrected chi connectivity index (χ0v) is 11.7. The molecule has 0 saturated heterocycles. The standard InChI is InChI=1S/C14H29NO2/c1-4-6-7-8-9-11-12(3)15-13(10-5-2)14(16)17/h12-13,15H,4-11H2,1-3H3,(H,16,17)/t12?,13-/m0/s1. The number of hydrogen-bond acceptors (Lipinski definition) is 2. The van der Waals surface area contributed by atoms with Crippen LogP contribution >= 0.6 is 0 Å². The first kappa shape index (κ1) is 16.4. The van der Waals surface area contributed by atoms with Crippen LogP contribution in [0.3, 0.4) is 0 Å². The van der Waals surface area contributed by atoms with Gasteiger partial charge in [-0.15, -0.1) is 0 Å². The molecule has 0 saturated carbocycles. The zero-order valence-electron chi connectivity index (χ0n) is 11.7. The average Bonchev–Trinajstić information content (AvgIpc) is 2.28. The maximum atomic E-state index is 11.0. The Labute approximate surface area is 106 Å². The van der Waals surface area contributed by atoms with Crippen molar-refractivity contribution >= 4 is 5.97 Å². The van der Waals surface area contributed by atoms with E-state index in [1.165, 1.54) is 32.1 Å². The SMILES string of the molecule is CCCCCCCC(C)N[C@@H](CCC)C(=O)O. The molecule has 0 aliphatic heterocycles. The van der Waals surface area contributed by atoms with Crippen molar-refractivity contribution in [2.75, 3.05) is 0 Å². The number of aliphatic carboxylic acids is 1. The van der Waals surface area contributed by atoms with Crippen molar-refractivity contribution in [3.8, 4) is 0 Å². The third kappa shape index (κ3) is 9.16. The quantitative estimate of drug-likeness (QED) is 0.545. The first-order valence-electron chi connectivity index (χ1n) is 7.10. The molecule has 3 nitrogen and oxygen atoms in total. The molecule has 0 amide bonds. The van der Waals surface area contributed by atoms with Gasteiger partial charge in [0, 0.05) is 6.04 Å². The summed E-state index contributed by atoms with van der Waals surface area (Å²) in [5.41, 5.74) is 0. The highest BCUT2D eigenvalue weighted by atomic mass is 16.4. The van der Waals surface area contributed by atoms with Crippen LogP contribution in [0, 0.1) is 0 Å². The molecule has 0 heterocycles. The van der Waals surface area contributed by atoms with Gasteiger partial charge in [0.25, 0.3) is 0 Å². The highest BCUT2D eigenvalue weighted by Crippen LogP contribution is 2.08. The maximum Gasteiger partial charge on any atom is 0.320 e. The van der Waals surface area contributed by atoms with Crippen LogP contribution in [0.15, 0.2) is 0 Å². The average molecular weight is 243 g/mol. The number of unbranched alkanes of at least 4 members (excludes halogenated alkanes) is 4. The van der Waals surface area contributed by atoms with Gasteiger partial charge in [-0.05, 0) is 19.8 Å². The fraction of sp³-hybridized carbons (Fsp3) is 0.929. The van der Waals surface area contributed by atoms with Crippen molar-refractivity contribution < 1.29 is 9.90 Å². The molecule has 0 aliphatic carbocycles. The first-order valence-corrected chi connectivity index (χ1v) is 7.10. The second-order valence-corrected chi connectivity index (χ2v) is 4.95. The lowest BCUT2D eigenvalue weighted by molar-refractivity contribution is -0.139. The van der Waals surface area contributed by atoms with Crippen molar-refractivity contribution in [2.45, 2.75) is 84.2 Å². The van der Waals surface area contributed by atoms with Crippen molar-refractivity contribution in [1.29, 1.82) is 0 Å². The van der Waals surface area contributed by atoms with Crippen LogP contribution in [0.25, 0.3) is 0 Å². The molecule has 0 aromatic rings. The zero-order chi connectivity index (χ0) is 13.1. The van der Waals surface area contributed by atoms with Gasteiger partial charge in [0.15, 0.2) is 0 Å². The van der Waals surface area contributed by atoms with E-state index in [1.807, 2.05) is 6.92 Å². The fourth-order valence-corrected chi connectivity index (χ4v) is 2.05. The topological polar surface area (TPSA) is 49.3 Å². The van der Waals surface area contributed by atoms with E-state index < -0.39 is 5.97 Å². The molecule has 1 unspecified atom stereocenters. The summed E-state index contributed by atoms with van der Waals surface area (Å²) in [5.74, 6) is -0.718. The predicted octanol–water partition coefficient (Wildman–Crippen LogP) is 3.58. The molecular formula is C14H29NO2. The number of rotatable bonds is 11. The highest BCUT2D eigenvalue weighted by Gasteiger charge is 2.17. The monoisotopic (exact) mass is 243 g/mol. The Balaban J connectivity index is 3.67. The molecule has 2 N–H and O–H groups in total. The van der Waals surface area contributed by atoms with Crippen LogP contribution in [-0.4, -0.2) is 23.2 Å². The summed E-state index contributed by atoms with van der Waals surface area (Å²) >= 11 is 0. The lowest BCUT2D eigenvalue weighted by Crippen LogP contribution is -2.41. The van der Waals surface area contributed by atoms with Crippen molar-refractivity contribution in [3.63, 3.8) is 0 Å². The summed E-state index contributed by atoms with van der Waals surface area (Å²) in [7, 11) is 0. The van der Waals surface area contributed by atoms with E-state index >= 15 is 0 Å². The summed E-state index contributed by atoms with van der Waals surface area (Å²) < 4.78 is 0. The number of carboxylic acid groups (broad SMARTS) is 1. The Morgan fingerprint density at radius 2 is 1.71 bits per heavy atom. The van der Waals surface area contributed by atoms with Crippen LogP contribution in [0.4, 0.5) is 0 Å². The highest BCUT2D eigenvalue weighted by molar-refractivity contribution is 5.73. The molecule has 0 bridgehead atoms. The largest absolute Gasteiger partial charge is 0.480 e. The van der Waals surface area contributed by atoms with E-state index in [0.29, 0.717) is 6.04 Å². The summed E-state index contributed by atoms with van der Waals surface area (Å²) in [6.45, 7) is 6.32. The van der Waals surface area contributed by atoms with Crippen molar-refractivity contribution in [1.82, 2.24) is 5.32 Å². The second kappa shape index (κ2) is 10.6. The normalized spacial score (nSPS) is 14.5. The molecule has 0 aromatic carbocycles. The summed E-state index contributed by atoms with van der Waals surface area (Å²) in [4.78, 5) is 11.0. The minimum Gasteiger partial charge on any atom is -0.480 e. The number of nitrogens with one attached hydrogen (secondary N) is 1. The molecule has 17 heavy (non-hydrogen) atoms. The number of carbonyl (C=O) groups is 1. The van der Waals surface area contributed by atoms with Crippen LogP contribution < -0.4 is 5.32 Å². The van der Waals surface area contributed by atoms with E-state index in [9.17, 15) is 4.79 Å². The second-order valence-electron chi connectivity index (χ2n) is 4.95. The van der Waals surface area contributed by atoms with E-state index in [1.54, 1.807) is 0 Å². The Bertz CT molecular complexity index is 195. The van der Waals surface area contributed by atoms with E-state index in [2.05, 4.69) is 19.2 Å². The molecule has 3 heteroatoms. The molecule has 0 radical (unpaired) electrons. The van der Waals surface area contributed by atoms with Crippen molar-refractivity contribution in [3.05, 3.63) is 0 Å². The molecule has 2 atom stereocenters. The lowest BCUT2D eigenvalue weighted by Gasteiger charge is -2.19. The predicted molar refractivity (Wildman–Crippen MR) is 72.3 cm³/mol. The molecule has 0 aromatic heterocycles. The molecule has 0 spiro atoms. The Kier molecular flexibility index (Phi) is 10.2. The van der Waals surface area contributed by atoms with Gasteiger partial charge in [-0.25, -0.2) is 0 Å². The minimum absolute atomic E-state index is 0.310. The van der Waals surface area contributed by atoms with Crippen LogP contribution in [0.1, 0.15) is 72.1 Å². The Morgan fingerprint density at radius 3 is 2.24 bits per heavy atom. The summed E-state index contributed by atoms with van der Waals surface area (Å²) in [5, 5.41) is 12.2. The van der Waals surface area contributed by atoms with Gasteiger partial charge in [-0.2, -0.15) is 0 Å². The van der Waals surface area contributed by atoms with Gasteiger partial charge < -0.3 is 10.4 Å². The van der Waals surface area contributed by atoms with Gasteiger partial charge in [-0.1, -0.05) is 52.4 Å². The van der Waals surface area contributed by atoms with Crippen LogP contribution in [0.2, 0.25) is 0 Å². The molecule has 0 rings (SSSR count). The third-order valence-electron chi connectivity index (χ3n) is 3.10. The third-order valence-corrected chi connectivity index (χ3v) is 3.10. The maximum absolute atomic E-state index is 11.0. The van der Waals surface area contributed by atoms with Crippen molar-refractivity contribution in [2.24, 2.45) is 0 Å². The van der Waals surface area contributed by atoms with Gasteiger partial charge in [-0.3, -0.25) is 4.79 Å². The summed E-state index contributed by atoms with van der Waals surface area (Å²) in [6, 6.07) is -0.0603. The van der Waals surface area contributed by atoms with Gasteiger partial charge in [0.2, 0.25) is 0 Å². The molecule has 102 valence electrons. The molecule has 0 aliphatic rings. The Hall–Kier alpha value is -0.570. The lowest BCUT2D eigenvalue weighted by atomic mass is 10.1. The summed E-state index contributed by atoms with van der Waals surface area (Å²) in [6.07, 6.45) is 9.07. The Morgan fingerprint density at radius 1 is 1.06 bits per heavy atom. The smallest absolute Gasteiger partial charge is 0.320 e. The molecular weight excluding hydrogens is 214 g/mol. The number of hydrogen-bond donors (Lipinski definition) is 2. The van der Waals surface area contributed by atoms with Gasteiger partial charge >= 0.3 is 5.97 Å². The van der Waals surface area contributed by atoms with Crippen LogP contribution in [-0.2, 0) is 4.79 Å². The van der Waals surface area contributed by atoms with E-state index in [0.717, 1.165) is 19.3 Å². The molecule has 0 fully saturated rings. The van der Waals surface area contributed by atoms with Gasteiger partial charge in [0.05, 0.1) is 0 Å². The number of carboxylic acids is 1. The minimum atomic E-state index is -0.718. The first-order chi connectivity index (χ1) is 8.11. The van der Waals surface area contributed by atoms with Crippen LogP contribution in [0.5, 0.6) is 0 Å². The van der Waals surface area contributed by atoms with E-state index in [-0.39, 0.29) is 6.04 Å².